The molecule has 2 aromatic carbocycles. The predicted molar refractivity (Wildman–Crippen MR) is 274 cm³/mol. The number of benzene rings is 2. The van der Waals surface area contributed by atoms with Gasteiger partial charge in [0.1, 0.15) is 34.5 Å². The highest BCUT2D eigenvalue weighted by molar-refractivity contribution is 5.88. The Balaban J connectivity index is 2.03. The summed E-state index contributed by atoms with van der Waals surface area (Å²) in [5.41, 5.74) is 1.11. The van der Waals surface area contributed by atoms with Gasteiger partial charge in [-0.2, -0.15) is 0 Å². The second-order valence-electron chi connectivity index (χ2n) is 18.1. The van der Waals surface area contributed by atoms with Crippen molar-refractivity contribution in [3.63, 3.8) is 0 Å². The summed E-state index contributed by atoms with van der Waals surface area (Å²) in [6.07, 6.45) is 42.9. The third kappa shape index (κ3) is 29.2. The predicted octanol–water partition coefficient (Wildman–Crippen LogP) is 16.7. The van der Waals surface area contributed by atoms with Crippen molar-refractivity contribution in [2.24, 2.45) is 9.98 Å². The molecule has 8 nitrogen and oxygen atoms in total. The molecular formula is C56H96N2O6. The van der Waals surface area contributed by atoms with Crippen LogP contribution in [0.3, 0.4) is 0 Å². The van der Waals surface area contributed by atoms with Crippen molar-refractivity contribution in [3.8, 4) is 34.5 Å². The average molecular weight is 893 g/mol. The second kappa shape index (κ2) is 41.0. The molecule has 0 aliphatic rings. The quantitative estimate of drug-likeness (QED) is 0.0507. The van der Waals surface area contributed by atoms with Gasteiger partial charge in [0.2, 0.25) is 0 Å². The Kier molecular flexibility index (Phi) is 36.4. The minimum absolute atomic E-state index is 0.0968. The van der Waals surface area contributed by atoms with E-state index in [1.165, 1.54) is 154 Å². The van der Waals surface area contributed by atoms with E-state index < -0.39 is 0 Å². The molecule has 0 atom stereocenters. The van der Waals surface area contributed by atoms with Crippen molar-refractivity contribution >= 4 is 12.4 Å². The standard InChI is InChI=1S/C56H96N2O6/c1-5-9-13-17-21-25-29-33-39-61-49-43-53(59)51(55(45-49)63-41-35-31-27-23-19-15-11-7-3)47-57-37-38-58-48-52-54(60)44-50(62-40-34-30-26-22-18-14-10-6-2)46-56(52)64-42-36-32-28-24-20-16-12-8-4/h43-48,59-60H,5-42H2,1-4H3. The van der Waals surface area contributed by atoms with Crippen LogP contribution >= 0.6 is 0 Å². The molecule has 8 heteroatoms. The fourth-order valence-corrected chi connectivity index (χ4v) is 7.95. The Morgan fingerprint density at radius 3 is 0.875 bits per heavy atom. The van der Waals surface area contributed by atoms with Crippen LogP contribution < -0.4 is 18.9 Å². The van der Waals surface area contributed by atoms with Crippen LogP contribution in [0, 0.1) is 0 Å². The molecule has 64 heavy (non-hydrogen) atoms. The van der Waals surface area contributed by atoms with Gasteiger partial charge in [0, 0.05) is 36.7 Å². The number of unbranched alkanes of at least 4 members (excludes halogenated alkanes) is 28. The largest absolute Gasteiger partial charge is 0.507 e. The highest BCUT2D eigenvalue weighted by Crippen LogP contribution is 2.34. The number of nitrogens with zero attached hydrogens (tertiary/aromatic N) is 2. The van der Waals surface area contributed by atoms with Crippen LogP contribution in [0.15, 0.2) is 34.3 Å². The average Bonchev–Trinajstić information content (AvgIpc) is 3.29. The van der Waals surface area contributed by atoms with Gasteiger partial charge in [-0.3, -0.25) is 9.98 Å². The maximum Gasteiger partial charge on any atom is 0.135 e. The smallest absolute Gasteiger partial charge is 0.135 e. The number of aromatic hydroxyl groups is 2. The lowest BCUT2D eigenvalue weighted by atomic mass is 10.1. The molecule has 2 N–H and O–H groups in total. The van der Waals surface area contributed by atoms with Crippen molar-refractivity contribution in [2.45, 2.75) is 233 Å². The first-order valence-corrected chi connectivity index (χ1v) is 26.8. The molecule has 2 rings (SSSR count). The van der Waals surface area contributed by atoms with E-state index in [2.05, 4.69) is 37.7 Å². The summed E-state index contributed by atoms with van der Waals surface area (Å²) in [4.78, 5) is 9.28. The van der Waals surface area contributed by atoms with Crippen LogP contribution in [-0.2, 0) is 0 Å². The molecule has 0 bridgehead atoms. The second-order valence-corrected chi connectivity index (χ2v) is 18.1. The fraction of sp³-hybridized carbons (Fsp3) is 0.750. The van der Waals surface area contributed by atoms with Crippen LogP contribution in [0.4, 0.5) is 0 Å². The van der Waals surface area contributed by atoms with Gasteiger partial charge < -0.3 is 29.2 Å². The minimum atomic E-state index is 0.0968. The summed E-state index contributed by atoms with van der Waals surface area (Å²) in [7, 11) is 0. The van der Waals surface area contributed by atoms with Crippen molar-refractivity contribution in [2.75, 3.05) is 39.5 Å². The van der Waals surface area contributed by atoms with Crippen molar-refractivity contribution in [3.05, 3.63) is 35.4 Å². The van der Waals surface area contributed by atoms with E-state index in [0.717, 1.165) is 51.4 Å². The van der Waals surface area contributed by atoms with Gasteiger partial charge in [-0.05, 0) is 25.7 Å². The highest BCUT2D eigenvalue weighted by Gasteiger charge is 2.14. The topological polar surface area (TPSA) is 102 Å². The fourth-order valence-electron chi connectivity index (χ4n) is 7.95. The van der Waals surface area contributed by atoms with E-state index in [9.17, 15) is 10.2 Å². The molecule has 0 radical (unpaired) electrons. The van der Waals surface area contributed by atoms with Gasteiger partial charge >= 0.3 is 0 Å². The molecule has 366 valence electrons. The van der Waals surface area contributed by atoms with E-state index in [4.69, 9.17) is 18.9 Å². The molecule has 0 unspecified atom stereocenters. The third-order valence-corrected chi connectivity index (χ3v) is 12.0. The maximum atomic E-state index is 11.2. The van der Waals surface area contributed by atoms with Crippen LogP contribution in [0.5, 0.6) is 34.5 Å². The van der Waals surface area contributed by atoms with Gasteiger partial charge in [0.15, 0.2) is 0 Å². The minimum Gasteiger partial charge on any atom is -0.507 e. The van der Waals surface area contributed by atoms with Gasteiger partial charge in [0.05, 0.1) is 50.6 Å². The van der Waals surface area contributed by atoms with Crippen molar-refractivity contribution in [1.82, 2.24) is 0 Å². The monoisotopic (exact) mass is 893 g/mol. The Bertz CT molecular complexity index is 1340. The van der Waals surface area contributed by atoms with Crippen LogP contribution in [0.25, 0.3) is 0 Å². The Morgan fingerprint density at radius 2 is 0.594 bits per heavy atom. The summed E-state index contributed by atoms with van der Waals surface area (Å²) in [5, 5.41) is 22.3. The molecule has 0 spiro atoms. The molecule has 2 aromatic rings. The summed E-state index contributed by atoms with van der Waals surface area (Å²) >= 11 is 0. The van der Waals surface area contributed by atoms with E-state index in [1.54, 1.807) is 24.6 Å². The molecule has 0 amide bonds. The van der Waals surface area contributed by atoms with E-state index >= 15 is 0 Å². The molecule has 0 aliphatic heterocycles. The number of phenols is 2. The van der Waals surface area contributed by atoms with Crippen LogP contribution in [-0.4, -0.2) is 62.2 Å². The Morgan fingerprint density at radius 1 is 0.344 bits per heavy atom. The molecule has 0 heterocycles. The van der Waals surface area contributed by atoms with Gasteiger partial charge in [0.25, 0.3) is 0 Å². The first kappa shape index (κ1) is 56.7. The maximum absolute atomic E-state index is 11.2. The molecular weight excluding hydrogens is 797 g/mol. The Labute approximate surface area is 392 Å². The number of rotatable bonds is 45. The first-order chi connectivity index (χ1) is 31.5. The van der Waals surface area contributed by atoms with Crippen molar-refractivity contribution < 1.29 is 29.2 Å². The summed E-state index contributed by atoms with van der Waals surface area (Å²) in [6, 6.07) is 7.15. The normalized spacial score (nSPS) is 11.6. The SMILES string of the molecule is CCCCCCCCCCOc1cc(O)c(C=NCCN=Cc2c(O)cc(OCCCCCCCCCC)cc2OCCCCCCCCCC)c(OCCCCCCCCCC)c1. The lowest BCUT2D eigenvalue weighted by Gasteiger charge is -2.14. The van der Waals surface area contributed by atoms with E-state index in [0.29, 0.717) is 73.6 Å². The van der Waals surface area contributed by atoms with Crippen molar-refractivity contribution in [1.29, 1.82) is 0 Å². The number of hydrogen-bond acceptors (Lipinski definition) is 8. The molecule has 0 aromatic heterocycles. The zero-order valence-electron chi connectivity index (χ0n) is 41.8. The zero-order valence-corrected chi connectivity index (χ0v) is 41.8. The number of ether oxygens (including phenoxy) is 4. The molecule has 0 fully saturated rings. The van der Waals surface area contributed by atoms with Crippen LogP contribution in [0.2, 0.25) is 0 Å². The van der Waals surface area contributed by atoms with E-state index in [-0.39, 0.29) is 11.5 Å². The van der Waals surface area contributed by atoms with Crippen LogP contribution in [0.1, 0.15) is 244 Å². The third-order valence-electron chi connectivity index (χ3n) is 12.0. The number of hydrogen-bond donors (Lipinski definition) is 2. The highest BCUT2D eigenvalue weighted by atomic mass is 16.5. The number of phenolic OH excluding ortho intramolecular Hbond substituents is 2. The summed E-state index contributed by atoms with van der Waals surface area (Å²) in [5.74, 6) is 2.62. The molecule has 0 saturated carbocycles. The molecule has 0 aliphatic carbocycles. The van der Waals surface area contributed by atoms with E-state index in [1.807, 2.05) is 12.1 Å². The first-order valence-electron chi connectivity index (χ1n) is 26.8. The zero-order chi connectivity index (χ0) is 46.0. The summed E-state index contributed by atoms with van der Waals surface area (Å²) in [6.45, 7) is 12.2. The summed E-state index contributed by atoms with van der Waals surface area (Å²) < 4.78 is 24.8. The Hall–Kier alpha value is -3.42. The molecule has 0 saturated heterocycles. The lowest BCUT2D eigenvalue weighted by molar-refractivity contribution is 0.286. The van der Waals surface area contributed by atoms with Gasteiger partial charge in [-0.15, -0.1) is 0 Å². The lowest BCUT2D eigenvalue weighted by Crippen LogP contribution is -2.04. The van der Waals surface area contributed by atoms with Gasteiger partial charge in [-0.1, -0.05) is 207 Å². The van der Waals surface area contributed by atoms with Gasteiger partial charge in [-0.25, -0.2) is 0 Å². The number of aliphatic imine (C=N–C) groups is 2.